The molecule has 0 unspecified atom stereocenters. The normalized spacial score (nSPS) is 15.0. The van der Waals surface area contributed by atoms with Gasteiger partial charge in [0.15, 0.2) is 0 Å². The smallest absolute Gasteiger partial charge is 0.108 e. The monoisotopic (exact) mass is 178 g/mol. The van der Waals surface area contributed by atoms with Crippen molar-refractivity contribution in [2.24, 2.45) is 0 Å². The van der Waals surface area contributed by atoms with Crippen molar-refractivity contribution < 1.29 is 10.2 Å². The zero-order valence-electron chi connectivity index (χ0n) is 7.64. The van der Waals surface area contributed by atoms with Crippen molar-refractivity contribution >= 4 is 0 Å². The van der Waals surface area contributed by atoms with Gasteiger partial charge in [0.05, 0.1) is 0 Å². The first-order chi connectivity index (χ1) is 6.15. The number of benzene rings is 1. The minimum Gasteiger partial charge on any atom is -0.386 e. The van der Waals surface area contributed by atoms with Crippen molar-refractivity contribution in [2.75, 3.05) is 0 Å². The molecule has 1 aromatic carbocycles. The fourth-order valence-corrected chi connectivity index (χ4v) is 1.09. The maximum atomic E-state index is 9.56. The maximum absolute atomic E-state index is 9.56. The molecule has 1 aromatic rings. The molecular weight excluding hydrogens is 164 g/mol. The minimum atomic E-state index is -0.900. The molecule has 0 fully saturated rings. The van der Waals surface area contributed by atoms with E-state index in [0.29, 0.717) is 5.56 Å². The molecule has 1 rings (SSSR count). The number of hydrogen-bond acceptors (Lipinski definition) is 2. The quantitative estimate of drug-likeness (QED) is 0.690. The number of aliphatic hydroxyl groups excluding tert-OH is 2. The summed E-state index contributed by atoms with van der Waals surface area (Å²) in [6, 6.07) is 7.39. The van der Waals surface area contributed by atoms with E-state index in [4.69, 9.17) is 0 Å². The van der Waals surface area contributed by atoms with Crippen LogP contribution in [0.2, 0.25) is 0 Å². The average Bonchev–Trinajstić information content (AvgIpc) is 2.17. The Morgan fingerprint density at radius 2 is 1.77 bits per heavy atom. The van der Waals surface area contributed by atoms with Crippen molar-refractivity contribution in [3.63, 3.8) is 0 Å². The predicted molar refractivity (Wildman–Crippen MR) is 52.3 cm³/mol. The maximum Gasteiger partial charge on any atom is 0.108 e. The van der Waals surface area contributed by atoms with Gasteiger partial charge in [-0.2, -0.15) is 0 Å². The number of aliphatic hydroxyl groups is 2. The molecule has 0 aliphatic rings. The number of rotatable bonds is 3. The summed E-state index contributed by atoms with van der Waals surface area (Å²) < 4.78 is 0. The lowest BCUT2D eigenvalue weighted by molar-refractivity contribution is 0.0485. The molecule has 2 atom stereocenters. The second kappa shape index (κ2) is 4.21. The van der Waals surface area contributed by atoms with Crippen LogP contribution in [0, 0.1) is 6.92 Å². The summed E-state index contributed by atoms with van der Waals surface area (Å²) in [7, 11) is 0. The highest BCUT2D eigenvalue weighted by molar-refractivity contribution is 5.24. The van der Waals surface area contributed by atoms with Crippen molar-refractivity contribution in [3.05, 3.63) is 48.0 Å². The predicted octanol–water partition coefficient (Wildman–Crippen LogP) is 1.58. The Morgan fingerprint density at radius 1 is 1.23 bits per heavy atom. The van der Waals surface area contributed by atoms with Crippen LogP contribution in [0.25, 0.3) is 0 Å². The topological polar surface area (TPSA) is 40.5 Å². The first-order valence-corrected chi connectivity index (χ1v) is 4.20. The van der Waals surface area contributed by atoms with Gasteiger partial charge in [0, 0.05) is 0 Å². The number of aryl methyl sites for hydroxylation is 1. The number of hydrogen-bond donors (Lipinski definition) is 2. The van der Waals surface area contributed by atoms with E-state index in [2.05, 4.69) is 6.58 Å². The standard InChI is InChI=1S/C11H14O2/c1-3-10(12)11(13)9-6-4-8(2)5-7-9/h3-7,10-13H,1H2,2H3/t10-,11-/m1/s1. The van der Waals surface area contributed by atoms with E-state index in [1.54, 1.807) is 12.1 Å². The molecule has 0 amide bonds. The highest BCUT2D eigenvalue weighted by Crippen LogP contribution is 2.17. The van der Waals surface area contributed by atoms with Crippen LogP contribution in [0.5, 0.6) is 0 Å². The molecule has 0 saturated heterocycles. The molecule has 0 bridgehead atoms. The Balaban J connectivity index is 2.82. The lowest BCUT2D eigenvalue weighted by Crippen LogP contribution is -2.14. The largest absolute Gasteiger partial charge is 0.386 e. The molecule has 2 heteroatoms. The van der Waals surface area contributed by atoms with Gasteiger partial charge in [-0.1, -0.05) is 35.9 Å². The Labute approximate surface area is 78.2 Å². The van der Waals surface area contributed by atoms with E-state index in [-0.39, 0.29) is 0 Å². The van der Waals surface area contributed by atoms with E-state index in [0.717, 1.165) is 5.56 Å². The fraction of sp³-hybridized carbons (Fsp3) is 0.273. The van der Waals surface area contributed by atoms with Crippen LogP contribution in [0.15, 0.2) is 36.9 Å². The Hall–Kier alpha value is -1.12. The summed E-state index contributed by atoms with van der Waals surface area (Å²) in [5.74, 6) is 0. The Bertz CT molecular complexity index is 277. The summed E-state index contributed by atoms with van der Waals surface area (Å²) in [6.45, 7) is 5.39. The molecule has 0 aliphatic heterocycles. The van der Waals surface area contributed by atoms with E-state index in [9.17, 15) is 10.2 Å². The molecule has 0 heterocycles. The molecule has 13 heavy (non-hydrogen) atoms. The summed E-state index contributed by atoms with van der Waals surface area (Å²) in [5.41, 5.74) is 1.84. The van der Waals surface area contributed by atoms with E-state index in [1.807, 2.05) is 19.1 Å². The van der Waals surface area contributed by atoms with Gasteiger partial charge in [0.2, 0.25) is 0 Å². The van der Waals surface area contributed by atoms with Crippen LogP contribution in [-0.4, -0.2) is 16.3 Å². The fourth-order valence-electron chi connectivity index (χ4n) is 1.09. The summed E-state index contributed by atoms with van der Waals surface area (Å²) in [6.07, 6.45) is -0.453. The molecule has 0 radical (unpaired) electrons. The van der Waals surface area contributed by atoms with Gasteiger partial charge in [0.25, 0.3) is 0 Å². The SMILES string of the molecule is C=C[C@@H](O)[C@H](O)c1ccc(C)cc1. The van der Waals surface area contributed by atoms with E-state index in [1.165, 1.54) is 6.08 Å². The molecule has 2 N–H and O–H groups in total. The van der Waals surface area contributed by atoms with Crippen LogP contribution in [0.3, 0.4) is 0 Å². The molecule has 0 aromatic heterocycles. The third kappa shape index (κ3) is 2.41. The van der Waals surface area contributed by atoms with Gasteiger partial charge in [-0.15, -0.1) is 6.58 Å². The highest BCUT2D eigenvalue weighted by Gasteiger charge is 2.14. The van der Waals surface area contributed by atoms with Crippen molar-refractivity contribution in [1.29, 1.82) is 0 Å². The minimum absolute atomic E-state index is 0.706. The average molecular weight is 178 g/mol. The molecule has 0 spiro atoms. The van der Waals surface area contributed by atoms with E-state index >= 15 is 0 Å². The second-order valence-electron chi connectivity index (χ2n) is 3.08. The molecular formula is C11H14O2. The van der Waals surface area contributed by atoms with Gasteiger partial charge in [-0.25, -0.2) is 0 Å². The zero-order chi connectivity index (χ0) is 9.84. The van der Waals surface area contributed by atoms with Crippen molar-refractivity contribution in [2.45, 2.75) is 19.1 Å². The lowest BCUT2D eigenvalue weighted by atomic mass is 10.0. The van der Waals surface area contributed by atoms with E-state index < -0.39 is 12.2 Å². The van der Waals surface area contributed by atoms with Crippen LogP contribution in [-0.2, 0) is 0 Å². The van der Waals surface area contributed by atoms with Crippen LogP contribution >= 0.6 is 0 Å². The second-order valence-corrected chi connectivity index (χ2v) is 3.08. The van der Waals surface area contributed by atoms with Crippen molar-refractivity contribution in [3.8, 4) is 0 Å². The Kier molecular flexibility index (Phi) is 3.23. The van der Waals surface area contributed by atoms with Gasteiger partial charge < -0.3 is 10.2 Å². The summed E-state index contributed by atoms with van der Waals surface area (Å²) in [4.78, 5) is 0. The highest BCUT2D eigenvalue weighted by atomic mass is 16.3. The third-order valence-electron chi connectivity index (χ3n) is 1.98. The third-order valence-corrected chi connectivity index (χ3v) is 1.98. The summed E-state index contributed by atoms with van der Waals surface area (Å²) in [5, 5.41) is 18.8. The molecule has 70 valence electrons. The molecule has 2 nitrogen and oxygen atoms in total. The zero-order valence-corrected chi connectivity index (χ0v) is 7.64. The molecule has 0 aliphatic carbocycles. The van der Waals surface area contributed by atoms with Crippen molar-refractivity contribution in [1.82, 2.24) is 0 Å². The van der Waals surface area contributed by atoms with Gasteiger partial charge in [0.1, 0.15) is 12.2 Å². The van der Waals surface area contributed by atoms with Crippen LogP contribution in [0.1, 0.15) is 17.2 Å². The molecule has 0 saturated carbocycles. The Morgan fingerprint density at radius 3 is 2.23 bits per heavy atom. The van der Waals surface area contributed by atoms with Gasteiger partial charge in [-0.3, -0.25) is 0 Å². The lowest BCUT2D eigenvalue weighted by Gasteiger charge is -2.14. The van der Waals surface area contributed by atoms with Crippen LogP contribution in [0.4, 0.5) is 0 Å². The van der Waals surface area contributed by atoms with Crippen LogP contribution < -0.4 is 0 Å². The summed E-state index contributed by atoms with van der Waals surface area (Å²) >= 11 is 0. The first kappa shape index (κ1) is 9.96. The van der Waals surface area contributed by atoms with Gasteiger partial charge >= 0.3 is 0 Å². The van der Waals surface area contributed by atoms with Gasteiger partial charge in [-0.05, 0) is 12.5 Å². The first-order valence-electron chi connectivity index (χ1n) is 4.20.